The fraction of sp³-hybridized carbons (Fsp3) is 0.824. The molecular formula is C17H28N2O7. The number of rotatable bonds is 9. The van der Waals surface area contributed by atoms with Crippen molar-refractivity contribution in [1.29, 1.82) is 0 Å². The first kappa shape index (κ1) is 20.9. The number of hydrogen-bond donors (Lipinski definition) is 7. The van der Waals surface area contributed by atoms with Crippen molar-refractivity contribution in [2.24, 2.45) is 17.8 Å². The van der Waals surface area contributed by atoms with Crippen molar-refractivity contribution in [2.45, 2.75) is 50.1 Å². The van der Waals surface area contributed by atoms with Crippen LogP contribution < -0.4 is 10.9 Å². The fourth-order valence-corrected chi connectivity index (χ4v) is 3.40. The number of aliphatic hydroxyl groups excluding tert-OH is 5. The van der Waals surface area contributed by atoms with E-state index >= 15 is 0 Å². The summed E-state index contributed by atoms with van der Waals surface area (Å²) in [6, 6.07) is 0. The zero-order chi connectivity index (χ0) is 19.1. The quantitative estimate of drug-likeness (QED) is 0.183. The van der Waals surface area contributed by atoms with Crippen LogP contribution in [-0.4, -0.2) is 75.8 Å². The number of carbonyl (C=O) groups is 1. The highest BCUT2D eigenvalue weighted by Crippen LogP contribution is 2.52. The van der Waals surface area contributed by atoms with Crippen LogP contribution in [0.3, 0.4) is 0 Å². The van der Waals surface area contributed by atoms with E-state index in [1.807, 2.05) is 0 Å². The minimum absolute atomic E-state index is 0.280. The number of ether oxygens (including phenoxy) is 1. The number of aliphatic hydroxyl groups is 5. The highest BCUT2D eigenvalue weighted by Gasteiger charge is 2.49. The molecule has 0 heterocycles. The van der Waals surface area contributed by atoms with Crippen molar-refractivity contribution in [2.75, 3.05) is 19.8 Å². The van der Waals surface area contributed by atoms with Gasteiger partial charge in [0.2, 0.25) is 0 Å². The Morgan fingerprint density at radius 1 is 1.04 bits per heavy atom. The molecule has 26 heavy (non-hydrogen) atoms. The van der Waals surface area contributed by atoms with Crippen molar-refractivity contribution in [3.8, 4) is 11.8 Å². The lowest BCUT2D eigenvalue weighted by Gasteiger charge is -2.25. The molecule has 1 saturated carbocycles. The molecule has 9 heteroatoms. The zero-order valence-electron chi connectivity index (χ0n) is 14.5. The number of nitrogens with one attached hydrogen (secondary N) is 2. The number of carbonyl (C=O) groups excluding carboxylic acids is 1. The van der Waals surface area contributed by atoms with Crippen LogP contribution in [0.1, 0.15) is 25.7 Å². The van der Waals surface area contributed by atoms with Gasteiger partial charge in [-0.15, -0.1) is 11.8 Å². The zero-order valence-corrected chi connectivity index (χ0v) is 14.5. The molecule has 0 aromatic heterocycles. The molecule has 148 valence electrons. The Balaban J connectivity index is 1.59. The molecule has 2 rings (SSSR count). The first-order valence-electron chi connectivity index (χ1n) is 8.90. The van der Waals surface area contributed by atoms with E-state index in [4.69, 9.17) is 9.84 Å². The average Bonchev–Trinajstić information content (AvgIpc) is 3.26. The van der Waals surface area contributed by atoms with Crippen molar-refractivity contribution in [3.63, 3.8) is 0 Å². The summed E-state index contributed by atoms with van der Waals surface area (Å²) in [4.78, 5) is 11.7. The molecule has 0 bridgehead atoms. The molecule has 1 fully saturated rings. The molecule has 0 aliphatic heterocycles. The number of hydrogen-bond acceptors (Lipinski definition) is 8. The fourth-order valence-electron chi connectivity index (χ4n) is 3.40. The van der Waals surface area contributed by atoms with Gasteiger partial charge < -0.3 is 30.3 Å². The summed E-state index contributed by atoms with van der Waals surface area (Å²) in [5.74, 6) is 7.76. The van der Waals surface area contributed by atoms with Gasteiger partial charge in [-0.25, -0.2) is 10.2 Å². The van der Waals surface area contributed by atoms with Gasteiger partial charge >= 0.3 is 6.09 Å². The predicted molar refractivity (Wildman–Crippen MR) is 90.3 cm³/mol. The van der Waals surface area contributed by atoms with Crippen molar-refractivity contribution >= 4 is 6.09 Å². The highest BCUT2D eigenvalue weighted by atomic mass is 16.6. The molecule has 0 radical (unpaired) electrons. The lowest BCUT2D eigenvalue weighted by molar-refractivity contribution is -0.114. The van der Waals surface area contributed by atoms with Gasteiger partial charge in [-0.3, -0.25) is 5.43 Å². The first-order chi connectivity index (χ1) is 12.5. The van der Waals surface area contributed by atoms with Crippen LogP contribution in [-0.2, 0) is 4.74 Å². The minimum atomic E-state index is -1.71. The normalized spacial score (nSPS) is 28.9. The van der Waals surface area contributed by atoms with Crippen LogP contribution >= 0.6 is 0 Å². The summed E-state index contributed by atoms with van der Waals surface area (Å²) < 4.78 is 5.16. The van der Waals surface area contributed by atoms with Gasteiger partial charge in [-0.2, -0.15) is 0 Å². The maximum atomic E-state index is 11.7. The van der Waals surface area contributed by atoms with E-state index < -0.39 is 37.1 Å². The van der Waals surface area contributed by atoms with E-state index in [0.29, 0.717) is 24.4 Å². The van der Waals surface area contributed by atoms with Crippen LogP contribution in [0.2, 0.25) is 0 Å². The van der Waals surface area contributed by atoms with Crippen LogP contribution in [0.15, 0.2) is 0 Å². The molecule has 7 atom stereocenters. The van der Waals surface area contributed by atoms with Crippen LogP contribution in [0.25, 0.3) is 0 Å². The first-order valence-corrected chi connectivity index (χ1v) is 8.90. The molecule has 7 N–H and O–H groups in total. The maximum Gasteiger partial charge on any atom is 0.421 e. The number of amides is 1. The Kier molecular flexibility index (Phi) is 8.09. The molecule has 0 aromatic rings. The predicted octanol–water partition coefficient (Wildman–Crippen LogP) is -1.91. The van der Waals surface area contributed by atoms with Gasteiger partial charge in [0.1, 0.15) is 18.3 Å². The van der Waals surface area contributed by atoms with Gasteiger partial charge in [0.15, 0.2) is 0 Å². The lowest BCUT2D eigenvalue weighted by atomic mass is 10.0. The van der Waals surface area contributed by atoms with Crippen LogP contribution in [0.5, 0.6) is 0 Å². The summed E-state index contributed by atoms with van der Waals surface area (Å²) in [6.07, 6.45) is -3.27. The molecule has 0 unspecified atom stereocenters. The SMILES string of the molecule is O=C(NNC[C@H](O)[C@@H](O)[C@H](O)[C@H](O)CO)OC[C@@H]1[C@@H]2CCC#CCC[C@@H]21. The maximum absolute atomic E-state index is 11.7. The average molecular weight is 372 g/mol. The van der Waals surface area contributed by atoms with Gasteiger partial charge in [-0.05, 0) is 30.6 Å². The number of hydrazine groups is 1. The third kappa shape index (κ3) is 5.81. The summed E-state index contributed by atoms with van der Waals surface area (Å²) in [5, 5.41) is 46.7. The second-order valence-electron chi connectivity index (χ2n) is 6.83. The van der Waals surface area contributed by atoms with E-state index in [0.717, 1.165) is 25.7 Å². The molecule has 0 spiro atoms. The lowest BCUT2D eigenvalue weighted by Crippen LogP contribution is -2.51. The standard InChI is InChI=1S/C17H28N2O7/c20-8-14(22)16(24)15(23)13(21)7-18-19-17(25)26-9-12-10-5-3-1-2-4-6-11(10)12/h10-16,18,20-24H,3-9H2,(H,19,25)/t10-,11+,12-,13-,14+,15+,16+/m0/s1. The molecule has 2 aliphatic rings. The summed E-state index contributed by atoms with van der Waals surface area (Å²) in [7, 11) is 0. The van der Waals surface area contributed by atoms with Gasteiger partial charge in [0.25, 0.3) is 0 Å². The second-order valence-corrected chi connectivity index (χ2v) is 6.83. The van der Waals surface area contributed by atoms with Gasteiger partial charge in [0.05, 0.1) is 19.3 Å². The highest BCUT2D eigenvalue weighted by molar-refractivity contribution is 5.66. The van der Waals surface area contributed by atoms with Crippen molar-refractivity contribution < 1.29 is 35.1 Å². The Labute approximate surface area is 152 Å². The van der Waals surface area contributed by atoms with E-state index in [1.54, 1.807) is 0 Å². The monoisotopic (exact) mass is 372 g/mol. The van der Waals surface area contributed by atoms with E-state index in [2.05, 4.69) is 22.7 Å². The minimum Gasteiger partial charge on any atom is -0.448 e. The summed E-state index contributed by atoms with van der Waals surface area (Å²) in [5.41, 5.74) is 4.63. The third-order valence-electron chi connectivity index (χ3n) is 5.07. The topological polar surface area (TPSA) is 152 Å². The van der Waals surface area contributed by atoms with Crippen LogP contribution in [0, 0.1) is 29.6 Å². The second kappa shape index (κ2) is 10.1. The summed E-state index contributed by atoms with van der Waals surface area (Å²) >= 11 is 0. The van der Waals surface area contributed by atoms with Gasteiger partial charge in [0, 0.05) is 19.4 Å². The van der Waals surface area contributed by atoms with Crippen LogP contribution in [0.4, 0.5) is 4.79 Å². The largest absolute Gasteiger partial charge is 0.448 e. The molecule has 1 amide bonds. The Bertz CT molecular complexity index is 503. The summed E-state index contributed by atoms with van der Waals surface area (Å²) in [6.45, 7) is -0.703. The van der Waals surface area contributed by atoms with E-state index in [9.17, 15) is 25.2 Å². The number of fused-ring (bicyclic) bond motifs is 1. The van der Waals surface area contributed by atoms with Crippen molar-refractivity contribution in [1.82, 2.24) is 10.9 Å². The Morgan fingerprint density at radius 2 is 1.62 bits per heavy atom. The molecule has 0 saturated heterocycles. The molecule has 2 aliphatic carbocycles. The molecule has 0 aromatic carbocycles. The van der Waals surface area contributed by atoms with E-state index in [-0.39, 0.29) is 6.54 Å². The third-order valence-corrected chi connectivity index (χ3v) is 5.07. The Morgan fingerprint density at radius 3 is 2.19 bits per heavy atom. The molecule has 9 nitrogen and oxygen atoms in total. The smallest absolute Gasteiger partial charge is 0.421 e. The van der Waals surface area contributed by atoms with E-state index in [1.165, 1.54) is 0 Å². The Hall–Kier alpha value is -1.41. The van der Waals surface area contributed by atoms with Gasteiger partial charge in [-0.1, -0.05) is 0 Å². The van der Waals surface area contributed by atoms with Crippen molar-refractivity contribution in [3.05, 3.63) is 0 Å². The molecular weight excluding hydrogens is 344 g/mol.